The van der Waals surface area contributed by atoms with Gasteiger partial charge in [0.2, 0.25) is 0 Å². The zero-order valence-corrected chi connectivity index (χ0v) is 11.3. The maximum absolute atomic E-state index is 11.5. The van der Waals surface area contributed by atoms with E-state index in [9.17, 15) is 4.79 Å². The Bertz CT molecular complexity index is 682. The molecule has 0 radical (unpaired) electrons. The number of nitrogens with one attached hydrogen (secondary N) is 2. The van der Waals surface area contributed by atoms with Crippen molar-refractivity contribution in [3.05, 3.63) is 29.6 Å². The quantitative estimate of drug-likeness (QED) is 0.792. The number of para-hydroxylation sites is 1. The van der Waals surface area contributed by atoms with Gasteiger partial charge in [-0.1, -0.05) is 12.5 Å². The summed E-state index contributed by atoms with van der Waals surface area (Å²) in [5.41, 5.74) is 7.48. The molecule has 0 unspecified atom stereocenters. The highest BCUT2D eigenvalue weighted by molar-refractivity contribution is 6.04. The van der Waals surface area contributed by atoms with Crippen LogP contribution in [0.1, 0.15) is 48.3 Å². The first-order valence-electron chi connectivity index (χ1n) is 7.25. The van der Waals surface area contributed by atoms with Crippen LogP contribution in [0.15, 0.2) is 18.2 Å². The topological polar surface area (TPSA) is 83.8 Å². The number of carbonyl (C=O) groups is 1. The summed E-state index contributed by atoms with van der Waals surface area (Å²) < 4.78 is 0. The Hall–Kier alpha value is -1.88. The second kappa shape index (κ2) is 4.06. The van der Waals surface area contributed by atoms with Crippen molar-refractivity contribution in [2.75, 3.05) is 0 Å². The number of nitrogens with two attached hydrogens (primary N) is 1. The second-order valence-corrected chi connectivity index (χ2v) is 6.01. The van der Waals surface area contributed by atoms with Gasteiger partial charge in [0.1, 0.15) is 11.3 Å². The zero-order chi connectivity index (χ0) is 13.7. The smallest absolute Gasteiger partial charge is 0.250 e. The first-order chi connectivity index (χ1) is 9.68. The Morgan fingerprint density at radius 1 is 1.40 bits per heavy atom. The number of hydrogen-bond donors (Lipinski definition) is 3. The van der Waals surface area contributed by atoms with E-state index in [1.165, 1.54) is 19.3 Å². The standard InChI is InChI=1S/C15H18N4O/c16-13(20)10-5-2-6-11-12(10)18-14(17-11)15(7-8-15)19-9-3-1-4-9/h2,5-6,9,19H,1,3-4,7-8H2,(H2,16,20)(H,17,18). The van der Waals surface area contributed by atoms with Gasteiger partial charge in [0.05, 0.1) is 16.6 Å². The average molecular weight is 270 g/mol. The minimum atomic E-state index is -0.426. The fraction of sp³-hybridized carbons (Fsp3) is 0.467. The van der Waals surface area contributed by atoms with E-state index >= 15 is 0 Å². The summed E-state index contributed by atoms with van der Waals surface area (Å²) in [7, 11) is 0. The summed E-state index contributed by atoms with van der Waals surface area (Å²) in [6, 6.07) is 6.14. The average Bonchev–Trinajstić information content (AvgIpc) is 3.04. The van der Waals surface area contributed by atoms with Crippen LogP contribution < -0.4 is 11.1 Å². The number of primary amides is 1. The molecule has 2 aromatic rings. The predicted octanol–water partition coefficient (Wildman–Crippen LogP) is 1.79. The molecular weight excluding hydrogens is 252 g/mol. The molecule has 2 aliphatic carbocycles. The van der Waals surface area contributed by atoms with Crippen molar-refractivity contribution >= 4 is 16.9 Å². The van der Waals surface area contributed by atoms with Crippen molar-refractivity contribution in [3.63, 3.8) is 0 Å². The normalized spacial score (nSPS) is 20.8. The summed E-state index contributed by atoms with van der Waals surface area (Å²) in [4.78, 5) is 19.5. The monoisotopic (exact) mass is 270 g/mol. The first kappa shape index (κ1) is 11.9. The van der Waals surface area contributed by atoms with Crippen LogP contribution in [0.4, 0.5) is 0 Å². The lowest BCUT2D eigenvalue weighted by Gasteiger charge is -2.30. The Morgan fingerprint density at radius 2 is 2.20 bits per heavy atom. The van der Waals surface area contributed by atoms with Crippen LogP contribution in [-0.4, -0.2) is 21.9 Å². The third-order valence-corrected chi connectivity index (χ3v) is 4.57. The Balaban J connectivity index is 1.73. The second-order valence-electron chi connectivity index (χ2n) is 6.01. The molecule has 5 heteroatoms. The summed E-state index contributed by atoms with van der Waals surface area (Å²) in [6.45, 7) is 0. The van der Waals surface area contributed by atoms with Crippen molar-refractivity contribution in [1.29, 1.82) is 0 Å². The highest BCUT2D eigenvalue weighted by Crippen LogP contribution is 2.46. The zero-order valence-electron chi connectivity index (χ0n) is 11.3. The fourth-order valence-corrected chi connectivity index (χ4v) is 2.98. The largest absolute Gasteiger partial charge is 0.366 e. The maximum atomic E-state index is 11.5. The number of benzene rings is 1. The van der Waals surface area contributed by atoms with Gasteiger partial charge < -0.3 is 16.0 Å². The Labute approximate surface area is 117 Å². The van der Waals surface area contributed by atoms with E-state index in [0.717, 1.165) is 24.2 Å². The molecule has 1 heterocycles. The van der Waals surface area contributed by atoms with Crippen LogP contribution in [0.5, 0.6) is 0 Å². The molecule has 2 fully saturated rings. The molecular formula is C15H18N4O. The SMILES string of the molecule is NC(=O)c1cccc2[nH]c(C3(NC4CCC4)CC3)nc12. The molecule has 0 bridgehead atoms. The number of amides is 1. The van der Waals surface area contributed by atoms with Crippen molar-refractivity contribution in [1.82, 2.24) is 15.3 Å². The summed E-state index contributed by atoms with van der Waals surface area (Å²) >= 11 is 0. The highest BCUT2D eigenvalue weighted by atomic mass is 16.1. The number of aromatic amines is 1. The molecule has 0 aliphatic heterocycles. The van der Waals surface area contributed by atoms with Gasteiger partial charge in [-0.2, -0.15) is 0 Å². The number of fused-ring (bicyclic) bond motifs is 1. The van der Waals surface area contributed by atoms with Crippen molar-refractivity contribution < 1.29 is 4.79 Å². The van der Waals surface area contributed by atoms with Crippen molar-refractivity contribution in [2.45, 2.75) is 43.7 Å². The Kier molecular flexibility index (Phi) is 2.41. The molecule has 2 aliphatic rings. The molecule has 5 nitrogen and oxygen atoms in total. The molecule has 4 N–H and O–H groups in total. The number of hydrogen-bond acceptors (Lipinski definition) is 3. The lowest BCUT2D eigenvalue weighted by molar-refractivity contribution is 0.100. The number of carbonyl (C=O) groups excluding carboxylic acids is 1. The maximum Gasteiger partial charge on any atom is 0.250 e. The van der Waals surface area contributed by atoms with E-state index in [1.54, 1.807) is 6.07 Å². The number of aromatic nitrogens is 2. The first-order valence-corrected chi connectivity index (χ1v) is 7.25. The molecule has 0 spiro atoms. The van der Waals surface area contributed by atoms with Crippen LogP contribution in [0.2, 0.25) is 0 Å². The molecule has 1 aromatic carbocycles. The molecule has 104 valence electrons. The molecule has 2 saturated carbocycles. The van der Waals surface area contributed by atoms with Gasteiger partial charge in [-0.25, -0.2) is 4.98 Å². The van der Waals surface area contributed by atoms with E-state index in [2.05, 4.69) is 15.3 Å². The number of imidazole rings is 1. The summed E-state index contributed by atoms with van der Waals surface area (Å²) in [5.74, 6) is 0.526. The van der Waals surface area contributed by atoms with E-state index < -0.39 is 5.91 Å². The molecule has 1 amide bonds. The van der Waals surface area contributed by atoms with E-state index in [0.29, 0.717) is 17.1 Å². The summed E-state index contributed by atoms with van der Waals surface area (Å²) in [6.07, 6.45) is 6.05. The number of H-pyrrole nitrogens is 1. The Morgan fingerprint density at radius 3 is 2.80 bits per heavy atom. The lowest BCUT2D eigenvalue weighted by atomic mass is 9.92. The third-order valence-electron chi connectivity index (χ3n) is 4.57. The van der Waals surface area contributed by atoms with Gasteiger partial charge in [-0.05, 0) is 37.8 Å². The van der Waals surface area contributed by atoms with Crippen LogP contribution in [0.25, 0.3) is 11.0 Å². The van der Waals surface area contributed by atoms with Crippen molar-refractivity contribution in [3.8, 4) is 0 Å². The van der Waals surface area contributed by atoms with Gasteiger partial charge in [0, 0.05) is 6.04 Å². The van der Waals surface area contributed by atoms with Gasteiger partial charge in [-0.3, -0.25) is 4.79 Å². The van der Waals surface area contributed by atoms with Gasteiger partial charge in [0.15, 0.2) is 0 Å². The van der Waals surface area contributed by atoms with Crippen LogP contribution in [0.3, 0.4) is 0 Å². The van der Waals surface area contributed by atoms with Crippen LogP contribution in [0, 0.1) is 0 Å². The lowest BCUT2D eigenvalue weighted by Crippen LogP contribution is -2.43. The van der Waals surface area contributed by atoms with E-state index in [-0.39, 0.29) is 5.54 Å². The molecule has 0 atom stereocenters. The molecule has 20 heavy (non-hydrogen) atoms. The molecule has 1 aromatic heterocycles. The highest BCUT2D eigenvalue weighted by Gasteiger charge is 2.48. The van der Waals surface area contributed by atoms with Gasteiger partial charge in [0.25, 0.3) is 5.91 Å². The van der Waals surface area contributed by atoms with E-state index in [1.807, 2.05) is 12.1 Å². The van der Waals surface area contributed by atoms with Crippen molar-refractivity contribution in [2.24, 2.45) is 5.73 Å². The number of rotatable bonds is 4. The number of nitrogens with zero attached hydrogens (tertiary/aromatic N) is 1. The third kappa shape index (κ3) is 1.73. The van der Waals surface area contributed by atoms with E-state index in [4.69, 9.17) is 5.73 Å². The predicted molar refractivity (Wildman–Crippen MR) is 76.3 cm³/mol. The molecule has 0 saturated heterocycles. The minimum absolute atomic E-state index is 0.000969. The molecule has 4 rings (SSSR count). The van der Waals surface area contributed by atoms with Crippen LogP contribution >= 0.6 is 0 Å². The van der Waals surface area contributed by atoms with Gasteiger partial charge >= 0.3 is 0 Å². The summed E-state index contributed by atoms with van der Waals surface area (Å²) in [5, 5.41) is 3.72. The fourth-order valence-electron chi connectivity index (χ4n) is 2.98. The van der Waals surface area contributed by atoms with Gasteiger partial charge in [-0.15, -0.1) is 0 Å². The van der Waals surface area contributed by atoms with Crippen LogP contribution in [-0.2, 0) is 5.54 Å². The minimum Gasteiger partial charge on any atom is -0.366 e.